The molecule has 0 aromatic rings. The van der Waals surface area contributed by atoms with Crippen molar-refractivity contribution in [2.75, 3.05) is 24.6 Å². The molecule has 0 saturated carbocycles. The zero-order valence-corrected chi connectivity index (χ0v) is 10.1. The van der Waals surface area contributed by atoms with Crippen molar-refractivity contribution in [2.24, 2.45) is 0 Å². The molecule has 2 aliphatic rings. The van der Waals surface area contributed by atoms with Crippen molar-refractivity contribution < 1.29 is 4.74 Å². The first-order chi connectivity index (χ1) is 6.68. The van der Waals surface area contributed by atoms with Gasteiger partial charge in [0.25, 0.3) is 0 Å². The fourth-order valence-electron chi connectivity index (χ4n) is 2.37. The highest BCUT2D eigenvalue weighted by atomic mass is 32.2. The lowest BCUT2D eigenvalue weighted by molar-refractivity contribution is -0.174. The van der Waals surface area contributed by atoms with E-state index in [4.69, 9.17) is 4.74 Å². The summed E-state index contributed by atoms with van der Waals surface area (Å²) in [5, 5.41) is 3.55. The monoisotopic (exact) mass is 215 g/mol. The highest BCUT2D eigenvalue weighted by molar-refractivity contribution is 7.99. The average Bonchev–Trinajstić information content (AvgIpc) is 2.19. The molecule has 1 N–H and O–H groups in total. The Bertz CT molecular complexity index is 198. The lowest BCUT2D eigenvalue weighted by atomic mass is 9.90. The van der Waals surface area contributed by atoms with E-state index in [9.17, 15) is 0 Å². The smallest absolute Gasteiger partial charge is 0.0830 e. The molecule has 2 heterocycles. The second kappa shape index (κ2) is 4.03. The maximum Gasteiger partial charge on any atom is 0.0830 e. The van der Waals surface area contributed by atoms with Gasteiger partial charge in [0, 0.05) is 13.1 Å². The van der Waals surface area contributed by atoms with E-state index in [1.807, 2.05) is 0 Å². The predicted octanol–water partition coefficient (Wildman–Crippen LogP) is 2.04. The number of ether oxygens (including phenoxy) is 1. The minimum Gasteiger partial charge on any atom is -0.366 e. The molecule has 1 spiro atoms. The molecule has 3 heteroatoms. The minimum atomic E-state index is 0.0697. The van der Waals surface area contributed by atoms with Crippen molar-refractivity contribution in [3.8, 4) is 0 Å². The van der Waals surface area contributed by atoms with Crippen molar-refractivity contribution in [3.05, 3.63) is 0 Å². The van der Waals surface area contributed by atoms with Crippen LogP contribution in [0.3, 0.4) is 0 Å². The molecule has 2 fully saturated rings. The molecule has 14 heavy (non-hydrogen) atoms. The number of thioether (sulfide) groups is 1. The van der Waals surface area contributed by atoms with Gasteiger partial charge in [-0.3, -0.25) is 0 Å². The molecule has 1 atom stereocenters. The summed E-state index contributed by atoms with van der Waals surface area (Å²) in [4.78, 5) is 0. The van der Waals surface area contributed by atoms with Gasteiger partial charge in [0.2, 0.25) is 0 Å². The van der Waals surface area contributed by atoms with Gasteiger partial charge in [0.05, 0.1) is 11.2 Å². The quantitative estimate of drug-likeness (QED) is 0.723. The van der Waals surface area contributed by atoms with Gasteiger partial charge in [-0.25, -0.2) is 0 Å². The average molecular weight is 215 g/mol. The largest absolute Gasteiger partial charge is 0.366 e. The van der Waals surface area contributed by atoms with E-state index >= 15 is 0 Å². The first-order valence-corrected chi connectivity index (χ1v) is 6.82. The predicted molar refractivity (Wildman–Crippen MR) is 61.9 cm³/mol. The normalized spacial score (nSPS) is 37.3. The Morgan fingerprint density at radius 2 is 2.00 bits per heavy atom. The summed E-state index contributed by atoms with van der Waals surface area (Å²) in [6.07, 6.45) is 3.55. The molecule has 2 aliphatic heterocycles. The molecule has 2 saturated heterocycles. The van der Waals surface area contributed by atoms with Gasteiger partial charge in [-0.15, -0.1) is 0 Å². The van der Waals surface area contributed by atoms with E-state index in [0.717, 1.165) is 19.5 Å². The third-order valence-corrected chi connectivity index (χ3v) is 4.55. The van der Waals surface area contributed by atoms with Crippen molar-refractivity contribution in [1.29, 1.82) is 0 Å². The minimum absolute atomic E-state index is 0.0697. The van der Waals surface area contributed by atoms with Gasteiger partial charge in [-0.05, 0) is 37.7 Å². The van der Waals surface area contributed by atoms with E-state index < -0.39 is 0 Å². The SMILES string of the molecule is CCC1(C)CNCC2(CCSCC2)O1. The lowest BCUT2D eigenvalue weighted by Crippen LogP contribution is -2.60. The summed E-state index contributed by atoms with van der Waals surface area (Å²) in [5.74, 6) is 2.53. The first-order valence-electron chi connectivity index (χ1n) is 5.67. The number of rotatable bonds is 1. The molecule has 2 rings (SSSR count). The van der Waals surface area contributed by atoms with Crippen LogP contribution in [0.5, 0.6) is 0 Å². The summed E-state index contributed by atoms with van der Waals surface area (Å²) >= 11 is 2.06. The molecule has 0 radical (unpaired) electrons. The van der Waals surface area contributed by atoms with Crippen LogP contribution in [0.25, 0.3) is 0 Å². The summed E-state index contributed by atoms with van der Waals surface area (Å²) in [6, 6.07) is 0. The molecule has 0 aliphatic carbocycles. The van der Waals surface area contributed by atoms with Crippen LogP contribution >= 0.6 is 11.8 Å². The molecule has 0 bridgehead atoms. The van der Waals surface area contributed by atoms with Gasteiger partial charge in [-0.1, -0.05) is 6.92 Å². The third-order valence-electron chi connectivity index (χ3n) is 3.56. The summed E-state index contributed by atoms with van der Waals surface area (Å²) < 4.78 is 6.38. The Morgan fingerprint density at radius 3 is 2.64 bits per heavy atom. The fraction of sp³-hybridized carbons (Fsp3) is 1.00. The Kier molecular flexibility index (Phi) is 3.10. The van der Waals surface area contributed by atoms with Gasteiger partial charge < -0.3 is 10.1 Å². The highest BCUT2D eigenvalue weighted by Gasteiger charge is 2.42. The Morgan fingerprint density at radius 1 is 1.29 bits per heavy atom. The van der Waals surface area contributed by atoms with Gasteiger partial charge >= 0.3 is 0 Å². The van der Waals surface area contributed by atoms with E-state index in [1.54, 1.807) is 0 Å². The zero-order chi connectivity index (χ0) is 10.1. The number of nitrogens with one attached hydrogen (secondary N) is 1. The van der Waals surface area contributed by atoms with Gasteiger partial charge in [-0.2, -0.15) is 11.8 Å². The van der Waals surface area contributed by atoms with Crippen LogP contribution in [0.1, 0.15) is 33.1 Å². The number of morpholine rings is 1. The second-order valence-electron chi connectivity index (χ2n) is 4.80. The topological polar surface area (TPSA) is 21.3 Å². The second-order valence-corrected chi connectivity index (χ2v) is 6.03. The maximum atomic E-state index is 6.38. The van der Waals surface area contributed by atoms with E-state index in [1.165, 1.54) is 24.3 Å². The maximum absolute atomic E-state index is 6.38. The summed E-state index contributed by atoms with van der Waals surface area (Å²) in [6.45, 7) is 6.53. The Balaban J connectivity index is 2.04. The molecule has 0 aromatic carbocycles. The molecular weight excluding hydrogens is 194 g/mol. The Hall–Kier alpha value is 0.270. The van der Waals surface area contributed by atoms with Crippen molar-refractivity contribution in [1.82, 2.24) is 5.32 Å². The van der Waals surface area contributed by atoms with Crippen LogP contribution in [0.15, 0.2) is 0 Å². The molecule has 0 amide bonds. The molecule has 82 valence electrons. The lowest BCUT2D eigenvalue weighted by Gasteiger charge is -2.48. The van der Waals surface area contributed by atoms with Crippen LogP contribution < -0.4 is 5.32 Å². The van der Waals surface area contributed by atoms with Crippen molar-refractivity contribution in [2.45, 2.75) is 44.3 Å². The molecular formula is C11H21NOS. The highest BCUT2D eigenvalue weighted by Crippen LogP contribution is 2.36. The first kappa shape index (κ1) is 10.8. The van der Waals surface area contributed by atoms with Crippen molar-refractivity contribution >= 4 is 11.8 Å². The van der Waals surface area contributed by atoms with Crippen LogP contribution in [0.4, 0.5) is 0 Å². The number of hydrogen-bond donors (Lipinski definition) is 1. The fourth-order valence-corrected chi connectivity index (χ4v) is 3.61. The van der Waals surface area contributed by atoms with Crippen LogP contribution in [0, 0.1) is 0 Å². The molecule has 0 aromatic heterocycles. The van der Waals surface area contributed by atoms with E-state index in [2.05, 4.69) is 30.9 Å². The molecule has 1 unspecified atom stereocenters. The summed E-state index contributed by atoms with van der Waals surface area (Å²) in [7, 11) is 0. The van der Waals surface area contributed by atoms with Gasteiger partial charge in [0.15, 0.2) is 0 Å². The number of hydrogen-bond acceptors (Lipinski definition) is 3. The van der Waals surface area contributed by atoms with Crippen LogP contribution in [-0.4, -0.2) is 35.8 Å². The van der Waals surface area contributed by atoms with Crippen LogP contribution in [0.2, 0.25) is 0 Å². The third kappa shape index (κ3) is 2.10. The Labute approximate surface area is 91.2 Å². The van der Waals surface area contributed by atoms with Crippen LogP contribution in [-0.2, 0) is 4.74 Å². The summed E-state index contributed by atoms with van der Waals surface area (Å²) in [5.41, 5.74) is 0.231. The van der Waals surface area contributed by atoms with Gasteiger partial charge in [0.1, 0.15) is 0 Å². The van der Waals surface area contributed by atoms with Crippen molar-refractivity contribution in [3.63, 3.8) is 0 Å². The van der Waals surface area contributed by atoms with E-state index in [-0.39, 0.29) is 11.2 Å². The van der Waals surface area contributed by atoms with E-state index in [0.29, 0.717) is 0 Å². The standard InChI is InChI=1S/C11H21NOS/c1-3-10(2)8-12-9-11(13-10)4-6-14-7-5-11/h12H,3-9H2,1-2H3. The molecule has 2 nitrogen and oxygen atoms in total. The zero-order valence-electron chi connectivity index (χ0n) is 9.27.